The highest BCUT2D eigenvalue weighted by molar-refractivity contribution is 5.95. The lowest BCUT2D eigenvalue weighted by Crippen LogP contribution is -2.46. The molecule has 0 spiro atoms. The van der Waals surface area contributed by atoms with Crippen molar-refractivity contribution in [3.05, 3.63) is 12.2 Å². The highest BCUT2D eigenvalue weighted by atomic mass is 16.5. The monoisotopic (exact) mass is 477 g/mol. The molecule has 0 bridgehead atoms. The topological polar surface area (TPSA) is 121 Å². The molecule has 0 radical (unpaired) electrons. The number of allylic oxidation sites excluding steroid dienone is 2. The second-order valence-corrected chi connectivity index (χ2v) is 9.00. The summed E-state index contributed by atoms with van der Waals surface area (Å²) in [5, 5.41) is 10.6. The third-order valence-electron chi connectivity index (χ3n) is 5.96. The van der Waals surface area contributed by atoms with Crippen molar-refractivity contribution in [1.29, 1.82) is 5.41 Å². The number of rotatable bonds is 13. The number of nitrogens with one attached hydrogen (secondary N) is 2. The average Bonchev–Trinajstić information content (AvgIpc) is 2.80. The molecular formula is C26H47N5O3. The predicted octanol–water partition coefficient (Wildman–Crippen LogP) is 5.32. The molecule has 1 heterocycles. The van der Waals surface area contributed by atoms with Crippen LogP contribution < -0.4 is 11.1 Å². The number of carbonyl (C=O) groups excluding carboxylic acids is 2. The second kappa shape index (κ2) is 20.0. The van der Waals surface area contributed by atoms with Gasteiger partial charge in [0.15, 0.2) is 5.96 Å². The summed E-state index contributed by atoms with van der Waals surface area (Å²) in [7, 11) is 0. The van der Waals surface area contributed by atoms with Crippen LogP contribution in [0.2, 0.25) is 0 Å². The molecule has 2 amide bonds. The minimum Gasteiger partial charge on any atom is -0.466 e. The molecule has 0 unspecified atom stereocenters. The molecule has 34 heavy (non-hydrogen) atoms. The molecule has 0 aromatic heterocycles. The summed E-state index contributed by atoms with van der Waals surface area (Å²) in [4.78, 5) is 30.2. The van der Waals surface area contributed by atoms with Crippen molar-refractivity contribution in [2.45, 2.75) is 103 Å². The van der Waals surface area contributed by atoms with Gasteiger partial charge in [0.05, 0.1) is 19.6 Å². The van der Waals surface area contributed by atoms with Crippen LogP contribution in [0.3, 0.4) is 0 Å². The maximum atomic E-state index is 12.6. The Bertz CT molecular complexity index is 648. The van der Waals surface area contributed by atoms with E-state index in [1.807, 2.05) is 17.9 Å². The molecule has 194 valence electrons. The molecule has 0 aromatic carbocycles. The number of carbonyl (C=O) groups is 2. The van der Waals surface area contributed by atoms with Gasteiger partial charge in [0.1, 0.15) is 0 Å². The Kier molecular flexibility index (Phi) is 17.5. The standard InChI is InChI=1S/C26H47N5O3/c1-2-3-11-16-23(27)17-12-7-5-4-6-8-13-20-31-21-14-9-10-15-22-34-24(32)18-19-29-25(28)30-26(31)33/h2-3,27H,4-22H2,1H3,(H3,28,29,30,33)/b3-2+,27-23?. The van der Waals surface area contributed by atoms with Gasteiger partial charge in [-0.05, 0) is 58.3 Å². The van der Waals surface area contributed by atoms with Crippen LogP contribution >= 0.6 is 0 Å². The first-order valence-corrected chi connectivity index (χ1v) is 13.2. The van der Waals surface area contributed by atoms with Crippen molar-refractivity contribution < 1.29 is 14.3 Å². The van der Waals surface area contributed by atoms with Gasteiger partial charge >= 0.3 is 12.0 Å². The molecule has 0 saturated heterocycles. The fourth-order valence-corrected chi connectivity index (χ4v) is 3.90. The van der Waals surface area contributed by atoms with E-state index >= 15 is 0 Å². The van der Waals surface area contributed by atoms with Gasteiger partial charge in [-0.1, -0.05) is 50.7 Å². The Morgan fingerprint density at radius 3 is 2.53 bits per heavy atom. The molecule has 0 saturated carbocycles. The zero-order valence-electron chi connectivity index (χ0n) is 21.3. The first-order valence-electron chi connectivity index (χ1n) is 13.2. The maximum absolute atomic E-state index is 12.6. The molecule has 0 aromatic rings. The summed E-state index contributed by atoms with van der Waals surface area (Å²) in [6.07, 6.45) is 18.9. The Morgan fingerprint density at radius 2 is 1.76 bits per heavy atom. The molecule has 8 nitrogen and oxygen atoms in total. The second-order valence-electron chi connectivity index (χ2n) is 9.00. The molecule has 1 rings (SSSR count). The number of amides is 2. The van der Waals surface area contributed by atoms with E-state index in [1.54, 1.807) is 0 Å². The highest BCUT2D eigenvalue weighted by Gasteiger charge is 2.14. The van der Waals surface area contributed by atoms with E-state index in [4.69, 9.17) is 15.9 Å². The number of hydrogen-bond donors (Lipinski definition) is 3. The molecule has 4 N–H and O–H groups in total. The fraction of sp³-hybridized carbons (Fsp3) is 0.769. The maximum Gasteiger partial charge on any atom is 0.324 e. The van der Waals surface area contributed by atoms with Crippen LogP contribution in [-0.4, -0.2) is 54.8 Å². The minimum absolute atomic E-state index is 0.0487. The van der Waals surface area contributed by atoms with Gasteiger partial charge in [-0.25, -0.2) is 4.79 Å². The van der Waals surface area contributed by atoms with E-state index in [0.717, 1.165) is 69.9 Å². The number of hydrogen-bond acceptors (Lipinski definition) is 6. The molecular weight excluding hydrogens is 430 g/mol. The number of cyclic esters (lactones) is 1. The Morgan fingerprint density at radius 1 is 1.06 bits per heavy atom. The zero-order valence-corrected chi connectivity index (χ0v) is 21.3. The van der Waals surface area contributed by atoms with Crippen LogP contribution in [0.5, 0.6) is 0 Å². The number of nitrogens with zero attached hydrogens (tertiary/aromatic N) is 2. The van der Waals surface area contributed by atoms with Crippen LogP contribution in [0, 0.1) is 5.41 Å². The lowest BCUT2D eigenvalue weighted by molar-refractivity contribution is -0.143. The van der Waals surface area contributed by atoms with Gasteiger partial charge in [0.25, 0.3) is 0 Å². The van der Waals surface area contributed by atoms with E-state index in [0.29, 0.717) is 19.7 Å². The van der Waals surface area contributed by atoms with Gasteiger partial charge in [-0.15, -0.1) is 0 Å². The Labute approximate surface area is 206 Å². The number of guanidine groups is 1. The summed E-state index contributed by atoms with van der Waals surface area (Å²) in [6.45, 7) is 4.08. The number of nitrogens with two attached hydrogens (primary N) is 1. The highest BCUT2D eigenvalue weighted by Crippen LogP contribution is 2.11. The quantitative estimate of drug-likeness (QED) is 0.144. The summed E-state index contributed by atoms with van der Waals surface area (Å²) in [6, 6.07) is -0.212. The Balaban J connectivity index is 2.25. The molecule has 0 atom stereocenters. The van der Waals surface area contributed by atoms with Gasteiger partial charge in [0, 0.05) is 18.8 Å². The smallest absolute Gasteiger partial charge is 0.324 e. The molecule has 0 fully saturated rings. The lowest BCUT2D eigenvalue weighted by atomic mass is 10.0. The van der Waals surface area contributed by atoms with E-state index in [-0.39, 0.29) is 30.9 Å². The molecule has 1 aliphatic heterocycles. The lowest BCUT2D eigenvalue weighted by Gasteiger charge is -2.23. The average molecular weight is 478 g/mol. The summed E-state index contributed by atoms with van der Waals surface area (Å²) in [5.41, 5.74) is 6.69. The molecule has 8 heteroatoms. The fourth-order valence-electron chi connectivity index (χ4n) is 3.90. The largest absolute Gasteiger partial charge is 0.466 e. The van der Waals surface area contributed by atoms with Crippen LogP contribution in [-0.2, 0) is 9.53 Å². The Hall–Kier alpha value is -2.38. The summed E-state index contributed by atoms with van der Waals surface area (Å²) < 4.78 is 5.17. The normalized spacial score (nSPS) is 17.0. The van der Waals surface area contributed by atoms with Crippen molar-refractivity contribution >= 4 is 23.7 Å². The summed E-state index contributed by atoms with van der Waals surface area (Å²) in [5.74, 6) is -0.230. The third kappa shape index (κ3) is 16.3. The van der Waals surface area contributed by atoms with Crippen molar-refractivity contribution in [3.8, 4) is 0 Å². The number of aliphatic imine (C=N–C) groups is 1. The van der Waals surface area contributed by atoms with Crippen LogP contribution in [0.25, 0.3) is 0 Å². The predicted molar refractivity (Wildman–Crippen MR) is 139 cm³/mol. The number of esters is 1. The summed E-state index contributed by atoms with van der Waals surface area (Å²) >= 11 is 0. The van der Waals surface area contributed by atoms with Gasteiger partial charge < -0.3 is 20.8 Å². The van der Waals surface area contributed by atoms with Crippen molar-refractivity contribution in [3.63, 3.8) is 0 Å². The van der Waals surface area contributed by atoms with Gasteiger partial charge in [-0.3, -0.25) is 15.1 Å². The first kappa shape index (κ1) is 29.7. The van der Waals surface area contributed by atoms with Crippen molar-refractivity contribution in [2.75, 3.05) is 26.2 Å². The zero-order chi connectivity index (χ0) is 24.9. The number of ether oxygens (including phenoxy) is 1. The molecule has 0 aliphatic carbocycles. The van der Waals surface area contributed by atoms with Gasteiger partial charge in [-0.2, -0.15) is 0 Å². The minimum atomic E-state index is -0.279. The third-order valence-corrected chi connectivity index (χ3v) is 5.96. The van der Waals surface area contributed by atoms with Crippen LogP contribution in [0.4, 0.5) is 4.79 Å². The van der Waals surface area contributed by atoms with E-state index in [1.165, 1.54) is 25.7 Å². The van der Waals surface area contributed by atoms with Crippen LogP contribution in [0.1, 0.15) is 103 Å². The van der Waals surface area contributed by atoms with Crippen molar-refractivity contribution in [1.82, 2.24) is 10.2 Å². The first-order chi connectivity index (χ1) is 16.5. The molecule has 1 aliphatic rings. The van der Waals surface area contributed by atoms with E-state index < -0.39 is 0 Å². The van der Waals surface area contributed by atoms with Crippen molar-refractivity contribution in [2.24, 2.45) is 10.7 Å². The van der Waals surface area contributed by atoms with Crippen LogP contribution in [0.15, 0.2) is 17.1 Å². The van der Waals surface area contributed by atoms with E-state index in [9.17, 15) is 9.59 Å². The number of urea groups is 1. The number of unbranched alkanes of at least 4 members (excludes halogenated alkanes) is 6. The SMILES string of the molecule is C/C=C/CCC(=N)CCCCCCCCCN1CCCCCCOC(=O)CCN=C(N)NC1=O. The van der Waals surface area contributed by atoms with Gasteiger partial charge in [0.2, 0.25) is 0 Å². The van der Waals surface area contributed by atoms with E-state index in [2.05, 4.69) is 16.4 Å².